The Morgan fingerprint density at radius 1 is 0.917 bits per heavy atom. The first kappa shape index (κ1) is 26.2. The topological polar surface area (TPSA) is 49.4 Å². The van der Waals surface area contributed by atoms with Gasteiger partial charge in [-0.05, 0) is 54.2 Å². The van der Waals surface area contributed by atoms with Gasteiger partial charge in [-0.1, -0.05) is 96.7 Å². The molecule has 188 valence electrons. The van der Waals surface area contributed by atoms with Crippen molar-refractivity contribution in [3.05, 3.63) is 105 Å². The molecule has 0 aliphatic heterocycles. The lowest BCUT2D eigenvalue weighted by atomic mass is 10.00. The predicted molar refractivity (Wildman–Crippen MR) is 146 cm³/mol. The number of carbonyl (C=O) groups is 2. The summed E-state index contributed by atoms with van der Waals surface area (Å²) in [6, 6.07) is 22.6. The van der Waals surface area contributed by atoms with E-state index < -0.39 is 6.04 Å². The van der Waals surface area contributed by atoms with Crippen molar-refractivity contribution >= 4 is 35.0 Å². The highest BCUT2D eigenvalue weighted by atomic mass is 35.5. The Labute approximate surface area is 223 Å². The van der Waals surface area contributed by atoms with Gasteiger partial charge in [-0.2, -0.15) is 0 Å². The summed E-state index contributed by atoms with van der Waals surface area (Å²) in [6.45, 7) is 2.26. The van der Waals surface area contributed by atoms with Gasteiger partial charge in [0.1, 0.15) is 6.04 Å². The third kappa shape index (κ3) is 6.89. The van der Waals surface area contributed by atoms with E-state index in [2.05, 4.69) is 5.32 Å². The Bertz CT molecular complexity index is 1190. The summed E-state index contributed by atoms with van der Waals surface area (Å²) in [5.41, 5.74) is 3.84. The van der Waals surface area contributed by atoms with Crippen molar-refractivity contribution in [3.63, 3.8) is 0 Å². The fourth-order valence-corrected chi connectivity index (χ4v) is 5.15. The predicted octanol–water partition coefficient (Wildman–Crippen LogP) is 6.54. The minimum atomic E-state index is -0.654. The largest absolute Gasteiger partial charge is 0.352 e. The lowest BCUT2D eigenvalue weighted by molar-refractivity contribution is -0.141. The molecule has 1 saturated carbocycles. The molecule has 0 unspecified atom stereocenters. The molecule has 1 aliphatic carbocycles. The first-order valence-electron chi connectivity index (χ1n) is 12.5. The van der Waals surface area contributed by atoms with Crippen LogP contribution in [-0.2, 0) is 29.0 Å². The highest BCUT2D eigenvalue weighted by Crippen LogP contribution is 2.25. The van der Waals surface area contributed by atoms with Crippen LogP contribution in [0.2, 0.25) is 10.0 Å². The average molecular weight is 524 g/mol. The monoisotopic (exact) mass is 522 g/mol. The summed E-state index contributed by atoms with van der Waals surface area (Å²) < 4.78 is 0. The summed E-state index contributed by atoms with van der Waals surface area (Å²) in [4.78, 5) is 29.3. The molecule has 1 atom stereocenters. The molecule has 1 N–H and O–H groups in total. The molecule has 0 radical (unpaired) electrons. The van der Waals surface area contributed by atoms with Crippen LogP contribution in [0.25, 0.3) is 0 Å². The Morgan fingerprint density at radius 3 is 2.31 bits per heavy atom. The van der Waals surface area contributed by atoms with Crippen molar-refractivity contribution < 1.29 is 9.59 Å². The van der Waals surface area contributed by atoms with Crippen molar-refractivity contribution in [2.45, 2.75) is 64.1 Å². The number of rotatable bonds is 9. The Kier molecular flexibility index (Phi) is 9.06. The quantitative estimate of drug-likeness (QED) is 0.346. The van der Waals surface area contributed by atoms with E-state index in [0.29, 0.717) is 16.5 Å². The van der Waals surface area contributed by atoms with Crippen LogP contribution in [0.3, 0.4) is 0 Å². The molecule has 0 bridgehead atoms. The van der Waals surface area contributed by atoms with Crippen LogP contribution in [0.5, 0.6) is 0 Å². The van der Waals surface area contributed by atoms with E-state index in [1.807, 2.05) is 67.6 Å². The van der Waals surface area contributed by atoms with Gasteiger partial charge in [-0.25, -0.2) is 0 Å². The Hall–Kier alpha value is -2.82. The normalized spacial score (nSPS) is 14.4. The van der Waals surface area contributed by atoms with Crippen molar-refractivity contribution in [1.29, 1.82) is 0 Å². The zero-order valence-corrected chi connectivity index (χ0v) is 22.1. The molecule has 3 aromatic rings. The van der Waals surface area contributed by atoms with E-state index >= 15 is 0 Å². The second kappa shape index (κ2) is 12.4. The standard InChI is InChI=1S/C30H32Cl2N2O2/c1-21-9-5-6-12-24(21)19-29(35)34(20-23-15-16-26(31)27(32)17-23)28(18-22-10-3-2-4-11-22)30(36)33-25-13-7-8-14-25/h2-6,9-12,15-17,25,28H,7-8,13-14,18-20H2,1H3,(H,33,36)/t28-/m0/s1. The number of nitrogens with one attached hydrogen (secondary N) is 1. The Balaban J connectivity index is 1.68. The van der Waals surface area contributed by atoms with Crippen LogP contribution >= 0.6 is 23.2 Å². The maximum Gasteiger partial charge on any atom is 0.243 e. The van der Waals surface area contributed by atoms with Gasteiger partial charge in [0.25, 0.3) is 0 Å². The third-order valence-corrected chi connectivity index (χ3v) is 7.65. The van der Waals surface area contributed by atoms with Gasteiger partial charge in [0, 0.05) is 19.0 Å². The van der Waals surface area contributed by atoms with Gasteiger partial charge >= 0.3 is 0 Å². The molecule has 0 spiro atoms. The van der Waals surface area contributed by atoms with Gasteiger partial charge in [-0.3, -0.25) is 9.59 Å². The van der Waals surface area contributed by atoms with Crippen molar-refractivity contribution in [2.75, 3.05) is 0 Å². The number of hydrogen-bond acceptors (Lipinski definition) is 2. The van der Waals surface area contributed by atoms with E-state index in [9.17, 15) is 9.59 Å². The van der Waals surface area contributed by atoms with Crippen molar-refractivity contribution in [1.82, 2.24) is 10.2 Å². The van der Waals surface area contributed by atoms with Gasteiger partial charge in [0.05, 0.1) is 16.5 Å². The molecule has 36 heavy (non-hydrogen) atoms. The molecule has 2 amide bonds. The summed E-state index contributed by atoms with van der Waals surface area (Å²) in [6.07, 6.45) is 4.85. The molecule has 1 aliphatic rings. The van der Waals surface area contributed by atoms with E-state index in [4.69, 9.17) is 23.2 Å². The molecule has 4 nitrogen and oxygen atoms in total. The number of halogens is 2. The maximum atomic E-state index is 13.9. The van der Waals surface area contributed by atoms with Crippen molar-refractivity contribution in [3.8, 4) is 0 Å². The molecule has 6 heteroatoms. The minimum Gasteiger partial charge on any atom is -0.352 e. The Morgan fingerprint density at radius 2 is 1.61 bits per heavy atom. The van der Waals surface area contributed by atoms with E-state index in [1.54, 1.807) is 17.0 Å². The molecule has 4 rings (SSSR count). The second-order valence-corrected chi connectivity index (χ2v) is 10.4. The van der Waals surface area contributed by atoms with Gasteiger partial charge in [0.2, 0.25) is 11.8 Å². The van der Waals surface area contributed by atoms with Crippen LogP contribution in [0.15, 0.2) is 72.8 Å². The number of aryl methyl sites for hydroxylation is 1. The third-order valence-electron chi connectivity index (χ3n) is 6.91. The van der Waals surface area contributed by atoms with E-state index in [-0.39, 0.29) is 30.8 Å². The molecule has 1 fully saturated rings. The highest BCUT2D eigenvalue weighted by Gasteiger charge is 2.32. The number of carbonyl (C=O) groups excluding carboxylic acids is 2. The minimum absolute atomic E-state index is 0.0992. The summed E-state index contributed by atoms with van der Waals surface area (Å²) in [7, 11) is 0. The fraction of sp³-hybridized carbons (Fsp3) is 0.333. The zero-order valence-electron chi connectivity index (χ0n) is 20.6. The van der Waals surface area contributed by atoms with Crippen LogP contribution < -0.4 is 5.32 Å². The number of hydrogen-bond donors (Lipinski definition) is 1. The summed E-state index contributed by atoms with van der Waals surface area (Å²) >= 11 is 12.4. The molecular formula is C30H32Cl2N2O2. The summed E-state index contributed by atoms with van der Waals surface area (Å²) in [5, 5.41) is 4.12. The molecule has 0 heterocycles. The molecular weight excluding hydrogens is 491 g/mol. The lowest BCUT2D eigenvalue weighted by Crippen LogP contribution is -2.52. The van der Waals surface area contributed by atoms with Crippen LogP contribution in [0.4, 0.5) is 0 Å². The van der Waals surface area contributed by atoms with E-state index in [0.717, 1.165) is 47.9 Å². The number of benzene rings is 3. The smallest absolute Gasteiger partial charge is 0.243 e. The summed E-state index contributed by atoms with van der Waals surface area (Å²) in [5.74, 6) is -0.207. The van der Waals surface area contributed by atoms with Crippen LogP contribution in [0.1, 0.15) is 47.9 Å². The first-order valence-corrected chi connectivity index (χ1v) is 13.3. The van der Waals surface area contributed by atoms with Gasteiger partial charge < -0.3 is 10.2 Å². The fourth-order valence-electron chi connectivity index (χ4n) is 4.83. The SMILES string of the molecule is Cc1ccccc1CC(=O)N(Cc1ccc(Cl)c(Cl)c1)[C@@H](Cc1ccccc1)C(=O)NC1CCCC1. The van der Waals surface area contributed by atoms with Crippen LogP contribution in [0, 0.1) is 6.92 Å². The lowest BCUT2D eigenvalue weighted by Gasteiger charge is -2.32. The van der Waals surface area contributed by atoms with Gasteiger partial charge in [0.15, 0.2) is 0 Å². The van der Waals surface area contributed by atoms with E-state index in [1.165, 1.54) is 0 Å². The molecule has 0 aromatic heterocycles. The van der Waals surface area contributed by atoms with Crippen LogP contribution in [-0.4, -0.2) is 28.8 Å². The second-order valence-electron chi connectivity index (χ2n) is 9.57. The first-order chi connectivity index (χ1) is 17.4. The average Bonchev–Trinajstić information content (AvgIpc) is 3.38. The molecule has 0 saturated heterocycles. The van der Waals surface area contributed by atoms with Gasteiger partial charge in [-0.15, -0.1) is 0 Å². The van der Waals surface area contributed by atoms with Crippen molar-refractivity contribution in [2.24, 2.45) is 0 Å². The number of amides is 2. The zero-order chi connectivity index (χ0) is 25.5. The highest BCUT2D eigenvalue weighted by molar-refractivity contribution is 6.42. The number of nitrogens with zero attached hydrogens (tertiary/aromatic N) is 1. The molecule has 3 aromatic carbocycles. The maximum absolute atomic E-state index is 13.9.